The molecule has 0 aliphatic heterocycles. The lowest BCUT2D eigenvalue weighted by Crippen LogP contribution is -2.14. The molecule has 21 heavy (non-hydrogen) atoms. The first-order chi connectivity index (χ1) is 9.79. The Morgan fingerprint density at radius 2 is 1.76 bits per heavy atom. The Hall–Kier alpha value is -2.05. The van der Waals surface area contributed by atoms with Crippen molar-refractivity contribution in [2.24, 2.45) is 0 Å². The van der Waals surface area contributed by atoms with Gasteiger partial charge in [0.2, 0.25) is 0 Å². The molecule has 2 aromatic rings. The molecule has 5 nitrogen and oxygen atoms in total. The number of nitrogen functional groups attached to an aromatic ring is 1. The van der Waals surface area contributed by atoms with E-state index >= 15 is 0 Å². The Morgan fingerprint density at radius 3 is 2.33 bits per heavy atom. The zero-order chi connectivity index (χ0) is 15.6. The number of benzene rings is 2. The summed E-state index contributed by atoms with van der Waals surface area (Å²) >= 11 is 5.86. The molecule has 2 rings (SSSR count). The van der Waals surface area contributed by atoms with Gasteiger partial charge in [-0.1, -0.05) is 17.7 Å². The van der Waals surface area contributed by atoms with Crippen LogP contribution in [0.2, 0.25) is 5.02 Å². The third-order valence-electron chi connectivity index (χ3n) is 2.84. The highest BCUT2D eigenvalue weighted by Crippen LogP contribution is 2.23. The van der Waals surface area contributed by atoms with Crippen molar-refractivity contribution in [2.75, 3.05) is 17.3 Å². The molecule has 0 heterocycles. The van der Waals surface area contributed by atoms with E-state index in [2.05, 4.69) is 5.32 Å². The summed E-state index contributed by atoms with van der Waals surface area (Å²) in [6.45, 7) is 0. The third-order valence-corrected chi connectivity index (χ3v) is 4.30. The highest BCUT2D eigenvalue weighted by molar-refractivity contribution is 7.90. The van der Waals surface area contributed by atoms with Crippen LogP contribution in [0.1, 0.15) is 10.4 Å². The lowest BCUT2D eigenvalue weighted by molar-refractivity contribution is 0.102. The van der Waals surface area contributed by atoms with Gasteiger partial charge in [-0.2, -0.15) is 0 Å². The van der Waals surface area contributed by atoms with E-state index in [9.17, 15) is 13.2 Å². The standard InChI is InChI=1S/C14H13ClN2O3S/c1-21(19,20)10-7-5-9(6-8-10)17-14(18)11-3-2-4-12(15)13(11)16/h2-8H,16H2,1H3,(H,17,18). The van der Waals surface area contributed by atoms with Crippen LogP contribution >= 0.6 is 11.6 Å². The molecule has 0 atom stereocenters. The number of carbonyl (C=O) groups is 1. The van der Waals surface area contributed by atoms with Gasteiger partial charge in [0, 0.05) is 11.9 Å². The number of nitrogens with two attached hydrogens (primary N) is 1. The molecule has 0 fully saturated rings. The van der Waals surface area contributed by atoms with Gasteiger partial charge >= 0.3 is 0 Å². The van der Waals surface area contributed by atoms with Gasteiger partial charge in [-0.05, 0) is 36.4 Å². The molecule has 0 radical (unpaired) electrons. The number of sulfone groups is 1. The molecule has 3 N–H and O–H groups in total. The van der Waals surface area contributed by atoms with E-state index in [0.29, 0.717) is 10.7 Å². The van der Waals surface area contributed by atoms with Gasteiger partial charge in [-0.25, -0.2) is 8.42 Å². The van der Waals surface area contributed by atoms with E-state index in [1.165, 1.54) is 24.3 Å². The van der Waals surface area contributed by atoms with Crippen LogP contribution in [0.3, 0.4) is 0 Å². The molecule has 0 saturated heterocycles. The van der Waals surface area contributed by atoms with E-state index in [0.717, 1.165) is 6.26 Å². The smallest absolute Gasteiger partial charge is 0.257 e. The quantitative estimate of drug-likeness (QED) is 0.849. The van der Waals surface area contributed by atoms with Crippen LogP contribution in [-0.2, 0) is 9.84 Å². The van der Waals surface area contributed by atoms with Gasteiger partial charge in [0.15, 0.2) is 9.84 Å². The molecule has 1 amide bonds. The van der Waals surface area contributed by atoms with Gasteiger partial charge in [0.25, 0.3) is 5.91 Å². The second-order valence-corrected chi connectivity index (χ2v) is 6.87. The van der Waals surface area contributed by atoms with E-state index < -0.39 is 15.7 Å². The average molecular weight is 325 g/mol. The van der Waals surface area contributed by atoms with Gasteiger partial charge < -0.3 is 11.1 Å². The Bertz CT molecular complexity index is 786. The second-order valence-electron chi connectivity index (χ2n) is 4.45. The summed E-state index contributed by atoms with van der Waals surface area (Å²) in [6.07, 6.45) is 1.12. The first-order valence-electron chi connectivity index (χ1n) is 5.94. The van der Waals surface area contributed by atoms with Crippen molar-refractivity contribution in [1.29, 1.82) is 0 Å². The third kappa shape index (κ3) is 3.53. The van der Waals surface area contributed by atoms with Crippen LogP contribution < -0.4 is 11.1 Å². The molecule has 0 aliphatic rings. The Kier molecular flexibility index (Phi) is 4.20. The number of hydrogen-bond acceptors (Lipinski definition) is 4. The van der Waals surface area contributed by atoms with Crippen molar-refractivity contribution >= 4 is 38.7 Å². The molecule has 0 saturated carbocycles. The number of anilines is 2. The molecule has 0 spiro atoms. The van der Waals surface area contributed by atoms with E-state index in [1.807, 2.05) is 0 Å². The number of para-hydroxylation sites is 1. The fourth-order valence-corrected chi connectivity index (χ4v) is 2.52. The molecule has 110 valence electrons. The maximum atomic E-state index is 12.1. The van der Waals surface area contributed by atoms with Crippen LogP contribution in [0, 0.1) is 0 Å². The summed E-state index contributed by atoms with van der Waals surface area (Å²) in [5.41, 5.74) is 6.67. The van der Waals surface area contributed by atoms with Crippen LogP contribution in [0.5, 0.6) is 0 Å². The van der Waals surface area contributed by atoms with Gasteiger partial charge in [0.1, 0.15) is 0 Å². The largest absolute Gasteiger partial charge is 0.397 e. The predicted molar refractivity (Wildman–Crippen MR) is 83.4 cm³/mol. The maximum absolute atomic E-state index is 12.1. The minimum atomic E-state index is -3.26. The van der Waals surface area contributed by atoms with Gasteiger partial charge in [-0.3, -0.25) is 4.79 Å². The lowest BCUT2D eigenvalue weighted by Gasteiger charge is -2.09. The molecule has 0 aromatic heterocycles. The van der Waals surface area contributed by atoms with Gasteiger partial charge in [-0.15, -0.1) is 0 Å². The summed E-state index contributed by atoms with van der Waals surface area (Å²) in [6, 6.07) is 10.6. The lowest BCUT2D eigenvalue weighted by atomic mass is 10.1. The number of nitrogens with one attached hydrogen (secondary N) is 1. The highest BCUT2D eigenvalue weighted by Gasteiger charge is 2.12. The topological polar surface area (TPSA) is 89.3 Å². The first kappa shape index (κ1) is 15.3. The first-order valence-corrected chi connectivity index (χ1v) is 8.21. The van der Waals surface area contributed by atoms with Crippen molar-refractivity contribution in [3.63, 3.8) is 0 Å². The number of halogens is 1. The Morgan fingerprint density at radius 1 is 1.14 bits per heavy atom. The molecule has 0 bridgehead atoms. The fourth-order valence-electron chi connectivity index (χ4n) is 1.72. The van der Waals surface area contributed by atoms with Crippen molar-refractivity contribution in [3.05, 3.63) is 53.1 Å². The summed E-state index contributed by atoms with van der Waals surface area (Å²) in [5.74, 6) is -0.415. The summed E-state index contributed by atoms with van der Waals surface area (Å²) in [4.78, 5) is 12.3. The van der Waals surface area contributed by atoms with Crippen LogP contribution in [0.25, 0.3) is 0 Å². The van der Waals surface area contributed by atoms with Crippen molar-refractivity contribution in [3.8, 4) is 0 Å². The summed E-state index contributed by atoms with van der Waals surface area (Å²) in [5, 5.41) is 2.93. The number of amides is 1. The van der Waals surface area contributed by atoms with Crippen molar-refractivity contribution < 1.29 is 13.2 Å². The monoisotopic (exact) mass is 324 g/mol. The average Bonchev–Trinajstić information content (AvgIpc) is 2.41. The van der Waals surface area contributed by atoms with Crippen molar-refractivity contribution in [2.45, 2.75) is 4.90 Å². The van der Waals surface area contributed by atoms with E-state index in [1.54, 1.807) is 18.2 Å². The Balaban J connectivity index is 2.22. The molecular formula is C14H13ClN2O3S. The van der Waals surface area contributed by atoms with Gasteiger partial charge in [0.05, 0.1) is 21.2 Å². The number of rotatable bonds is 3. The van der Waals surface area contributed by atoms with Crippen LogP contribution in [0.4, 0.5) is 11.4 Å². The van der Waals surface area contributed by atoms with Crippen LogP contribution in [-0.4, -0.2) is 20.6 Å². The predicted octanol–water partition coefficient (Wildman–Crippen LogP) is 2.58. The molecule has 2 aromatic carbocycles. The minimum absolute atomic E-state index is 0.183. The summed E-state index contributed by atoms with van der Waals surface area (Å²) < 4.78 is 22.7. The zero-order valence-corrected chi connectivity index (χ0v) is 12.7. The molecule has 0 aliphatic carbocycles. The van der Waals surface area contributed by atoms with Crippen LogP contribution in [0.15, 0.2) is 47.4 Å². The maximum Gasteiger partial charge on any atom is 0.257 e. The number of hydrogen-bond donors (Lipinski definition) is 2. The zero-order valence-electron chi connectivity index (χ0n) is 11.1. The Labute approximate surface area is 127 Å². The highest BCUT2D eigenvalue weighted by atomic mass is 35.5. The van der Waals surface area contributed by atoms with E-state index in [-0.39, 0.29) is 16.1 Å². The summed E-state index contributed by atoms with van der Waals surface area (Å²) in [7, 11) is -3.26. The van der Waals surface area contributed by atoms with Crippen molar-refractivity contribution in [1.82, 2.24) is 0 Å². The molecular weight excluding hydrogens is 312 g/mol. The molecule has 7 heteroatoms. The number of carbonyl (C=O) groups excluding carboxylic acids is 1. The fraction of sp³-hybridized carbons (Fsp3) is 0.0714. The van der Waals surface area contributed by atoms with E-state index in [4.69, 9.17) is 17.3 Å². The second kappa shape index (κ2) is 5.75. The minimum Gasteiger partial charge on any atom is -0.397 e. The molecule has 0 unspecified atom stereocenters. The normalized spacial score (nSPS) is 11.1. The SMILES string of the molecule is CS(=O)(=O)c1ccc(NC(=O)c2cccc(Cl)c2N)cc1.